The van der Waals surface area contributed by atoms with Crippen LogP contribution in [0.4, 0.5) is 0 Å². The fourth-order valence-electron chi connectivity index (χ4n) is 2.92. The van der Waals surface area contributed by atoms with Gasteiger partial charge in [0.25, 0.3) is 0 Å². The Morgan fingerprint density at radius 3 is 2.47 bits per heavy atom. The molecule has 1 fully saturated rings. The first kappa shape index (κ1) is 16.5. The summed E-state index contributed by atoms with van der Waals surface area (Å²) in [5, 5.41) is 3.64. The highest BCUT2D eigenvalue weighted by Gasteiger charge is 2.30. The molecule has 19 heavy (non-hydrogen) atoms. The van der Waals surface area contributed by atoms with Gasteiger partial charge in [-0.25, -0.2) is 0 Å². The Balaban J connectivity index is 2.59. The molecule has 1 aliphatic rings. The molecule has 2 unspecified atom stereocenters. The Bertz CT molecular complexity index is 276. The maximum absolute atomic E-state index is 12.2. The van der Waals surface area contributed by atoms with E-state index in [-0.39, 0.29) is 5.92 Å². The number of hydrogen-bond donors (Lipinski definition) is 1. The minimum Gasteiger partial charge on any atom is -0.341 e. The highest BCUT2D eigenvalue weighted by molar-refractivity contribution is 5.78. The zero-order valence-corrected chi connectivity index (χ0v) is 13.4. The van der Waals surface area contributed by atoms with E-state index in [0.29, 0.717) is 23.8 Å². The van der Waals surface area contributed by atoms with E-state index in [1.165, 1.54) is 19.3 Å². The summed E-state index contributed by atoms with van der Waals surface area (Å²) >= 11 is 0. The lowest BCUT2D eigenvalue weighted by molar-refractivity contribution is -0.136. The van der Waals surface area contributed by atoms with E-state index in [0.717, 1.165) is 19.6 Å². The minimum atomic E-state index is 0.117. The highest BCUT2D eigenvalue weighted by atomic mass is 16.2. The first-order valence-corrected chi connectivity index (χ1v) is 7.96. The fraction of sp³-hybridized carbons (Fsp3) is 0.938. The molecule has 1 saturated heterocycles. The van der Waals surface area contributed by atoms with Gasteiger partial charge < -0.3 is 10.2 Å². The molecule has 0 aromatic carbocycles. The van der Waals surface area contributed by atoms with Gasteiger partial charge in [0.2, 0.25) is 5.91 Å². The van der Waals surface area contributed by atoms with Crippen molar-refractivity contribution in [1.29, 1.82) is 0 Å². The fourth-order valence-corrected chi connectivity index (χ4v) is 2.92. The monoisotopic (exact) mass is 268 g/mol. The van der Waals surface area contributed by atoms with Crippen molar-refractivity contribution >= 4 is 5.91 Å². The second-order valence-corrected chi connectivity index (χ2v) is 6.79. The van der Waals surface area contributed by atoms with Crippen molar-refractivity contribution in [3.05, 3.63) is 0 Å². The highest BCUT2D eigenvalue weighted by Crippen LogP contribution is 2.22. The maximum Gasteiger partial charge on any atom is 0.225 e. The van der Waals surface area contributed by atoms with Crippen molar-refractivity contribution in [2.75, 3.05) is 19.6 Å². The second kappa shape index (κ2) is 7.88. The molecule has 1 rings (SSSR count). The van der Waals surface area contributed by atoms with Crippen LogP contribution in [0.2, 0.25) is 0 Å². The molecule has 0 saturated carbocycles. The van der Waals surface area contributed by atoms with Crippen molar-refractivity contribution in [2.45, 2.75) is 59.9 Å². The average Bonchev–Trinajstić information content (AvgIpc) is 2.35. The smallest absolute Gasteiger partial charge is 0.225 e. The zero-order chi connectivity index (χ0) is 14.4. The minimum absolute atomic E-state index is 0.117. The number of hydrogen-bond acceptors (Lipinski definition) is 2. The Kier molecular flexibility index (Phi) is 6.84. The summed E-state index contributed by atoms with van der Waals surface area (Å²) in [4.78, 5) is 14.3. The Morgan fingerprint density at radius 2 is 1.95 bits per heavy atom. The van der Waals surface area contributed by atoms with Crippen LogP contribution in [0.5, 0.6) is 0 Å². The van der Waals surface area contributed by atoms with E-state index in [4.69, 9.17) is 0 Å². The van der Waals surface area contributed by atoms with Crippen molar-refractivity contribution in [3.8, 4) is 0 Å². The Morgan fingerprint density at radius 1 is 1.26 bits per heavy atom. The SMILES string of the molecule is CCCC1CC(NCC(C)C)CN(C(=O)C(C)C)C1. The van der Waals surface area contributed by atoms with E-state index >= 15 is 0 Å². The molecule has 112 valence electrons. The van der Waals surface area contributed by atoms with Crippen LogP contribution in [0, 0.1) is 17.8 Å². The van der Waals surface area contributed by atoms with Gasteiger partial charge in [-0.15, -0.1) is 0 Å². The molecular weight excluding hydrogens is 236 g/mol. The number of nitrogens with zero attached hydrogens (tertiary/aromatic N) is 1. The lowest BCUT2D eigenvalue weighted by Gasteiger charge is -2.39. The van der Waals surface area contributed by atoms with Crippen LogP contribution in [-0.2, 0) is 4.79 Å². The number of amides is 1. The van der Waals surface area contributed by atoms with Crippen LogP contribution < -0.4 is 5.32 Å². The standard InChI is InChI=1S/C16H32N2O/c1-6-7-14-8-15(17-9-12(2)3)11-18(10-14)16(19)13(4)5/h12-15,17H,6-11H2,1-5H3. The summed E-state index contributed by atoms with van der Waals surface area (Å²) in [6, 6.07) is 0.482. The van der Waals surface area contributed by atoms with Gasteiger partial charge in [0.1, 0.15) is 0 Å². The van der Waals surface area contributed by atoms with Crippen LogP contribution >= 0.6 is 0 Å². The molecule has 1 heterocycles. The summed E-state index contributed by atoms with van der Waals surface area (Å²) in [7, 11) is 0. The van der Waals surface area contributed by atoms with Crippen molar-refractivity contribution < 1.29 is 4.79 Å². The number of piperidine rings is 1. The van der Waals surface area contributed by atoms with E-state index < -0.39 is 0 Å². The summed E-state index contributed by atoms with van der Waals surface area (Å²) in [6.45, 7) is 13.6. The molecular formula is C16H32N2O. The number of likely N-dealkylation sites (tertiary alicyclic amines) is 1. The molecule has 0 aromatic heterocycles. The average molecular weight is 268 g/mol. The van der Waals surface area contributed by atoms with Gasteiger partial charge in [0.15, 0.2) is 0 Å². The third kappa shape index (κ3) is 5.52. The van der Waals surface area contributed by atoms with E-state index in [1.807, 2.05) is 13.8 Å². The molecule has 3 heteroatoms. The molecule has 0 aliphatic carbocycles. The molecule has 1 amide bonds. The van der Waals surface area contributed by atoms with Crippen molar-refractivity contribution in [1.82, 2.24) is 10.2 Å². The van der Waals surface area contributed by atoms with Crippen molar-refractivity contribution in [3.63, 3.8) is 0 Å². The zero-order valence-electron chi connectivity index (χ0n) is 13.4. The number of rotatable bonds is 6. The van der Waals surface area contributed by atoms with E-state index in [9.17, 15) is 4.79 Å². The molecule has 0 aromatic rings. The van der Waals surface area contributed by atoms with Crippen molar-refractivity contribution in [2.24, 2.45) is 17.8 Å². The van der Waals surface area contributed by atoms with Gasteiger partial charge in [-0.05, 0) is 31.2 Å². The van der Waals surface area contributed by atoms with Gasteiger partial charge >= 0.3 is 0 Å². The molecule has 1 N–H and O–H groups in total. The summed E-state index contributed by atoms with van der Waals surface area (Å²) < 4.78 is 0. The Hall–Kier alpha value is -0.570. The molecule has 2 atom stereocenters. The normalized spacial score (nSPS) is 24.3. The topological polar surface area (TPSA) is 32.3 Å². The first-order valence-electron chi connectivity index (χ1n) is 7.96. The van der Waals surface area contributed by atoms with Gasteiger partial charge in [-0.2, -0.15) is 0 Å². The molecule has 3 nitrogen and oxygen atoms in total. The number of nitrogens with one attached hydrogen (secondary N) is 1. The van der Waals surface area contributed by atoms with Crippen LogP contribution in [0.15, 0.2) is 0 Å². The third-order valence-corrected chi connectivity index (χ3v) is 3.85. The first-order chi connectivity index (χ1) is 8.93. The Labute approximate surface area is 119 Å². The predicted octanol–water partition coefficient (Wildman–Crippen LogP) is 2.91. The van der Waals surface area contributed by atoms with Crippen LogP contribution in [-0.4, -0.2) is 36.5 Å². The summed E-state index contributed by atoms with van der Waals surface area (Å²) in [5.41, 5.74) is 0. The molecule has 0 radical (unpaired) electrons. The molecule has 0 bridgehead atoms. The van der Waals surface area contributed by atoms with Gasteiger partial charge in [-0.3, -0.25) is 4.79 Å². The van der Waals surface area contributed by atoms with Gasteiger partial charge in [0, 0.05) is 25.0 Å². The maximum atomic E-state index is 12.2. The summed E-state index contributed by atoms with van der Waals surface area (Å²) in [6.07, 6.45) is 3.68. The molecule has 1 aliphatic heterocycles. The lowest BCUT2D eigenvalue weighted by Crippen LogP contribution is -2.52. The number of carbonyl (C=O) groups excluding carboxylic acids is 1. The second-order valence-electron chi connectivity index (χ2n) is 6.79. The number of carbonyl (C=O) groups is 1. The third-order valence-electron chi connectivity index (χ3n) is 3.85. The van der Waals surface area contributed by atoms with Crippen LogP contribution in [0.3, 0.4) is 0 Å². The largest absolute Gasteiger partial charge is 0.341 e. The summed E-state index contributed by atoms with van der Waals surface area (Å²) in [5.74, 6) is 1.77. The van der Waals surface area contributed by atoms with Crippen LogP contribution in [0.1, 0.15) is 53.9 Å². The molecule has 0 spiro atoms. The van der Waals surface area contributed by atoms with Crippen LogP contribution in [0.25, 0.3) is 0 Å². The van der Waals surface area contributed by atoms with Gasteiger partial charge in [-0.1, -0.05) is 41.0 Å². The quantitative estimate of drug-likeness (QED) is 0.803. The van der Waals surface area contributed by atoms with E-state index in [1.54, 1.807) is 0 Å². The lowest BCUT2D eigenvalue weighted by atomic mass is 9.89. The van der Waals surface area contributed by atoms with E-state index in [2.05, 4.69) is 31.0 Å². The predicted molar refractivity (Wildman–Crippen MR) is 81.1 cm³/mol. The van der Waals surface area contributed by atoms with Gasteiger partial charge in [0.05, 0.1) is 0 Å².